The van der Waals surface area contributed by atoms with Gasteiger partial charge >= 0.3 is 0 Å². The van der Waals surface area contributed by atoms with Gasteiger partial charge in [0.25, 0.3) is 0 Å². The molecule has 0 saturated carbocycles. The van der Waals surface area contributed by atoms with Crippen LogP contribution in [0.15, 0.2) is 36.4 Å². The number of aromatic hydroxyl groups is 1. The molecule has 0 fully saturated rings. The van der Waals surface area contributed by atoms with Crippen LogP contribution in [0.2, 0.25) is 0 Å². The zero-order valence-corrected chi connectivity index (χ0v) is 12.4. The van der Waals surface area contributed by atoms with Gasteiger partial charge in [-0.1, -0.05) is 51.1 Å². The van der Waals surface area contributed by atoms with Crippen LogP contribution in [0.1, 0.15) is 37.5 Å². The summed E-state index contributed by atoms with van der Waals surface area (Å²) in [6, 6.07) is 12.4. The molecule has 0 aliphatic heterocycles. The average Bonchev–Trinajstić information content (AvgIpc) is 2.32. The highest BCUT2D eigenvalue weighted by Crippen LogP contribution is 2.37. The maximum absolute atomic E-state index is 10.4. The second-order valence-corrected chi connectivity index (χ2v) is 6.25. The third-order valence-electron chi connectivity index (χ3n) is 3.60. The zero-order valence-electron chi connectivity index (χ0n) is 12.4. The molecule has 1 N–H and O–H groups in total. The van der Waals surface area contributed by atoms with Crippen molar-refractivity contribution in [1.82, 2.24) is 0 Å². The van der Waals surface area contributed by atoms with Gasteiger partial charge in [0.2, 0.25) is 0 Å². The molecule has 100 valence electrons. The van der Waals surface area contributed by atoms with Crippen LogP contribution < -0.4 is 0 Å². The highest BCUT2D eigenvalue weighted by Gasteiger charge is 2.18. The van der Waals surface area contributed by atoms with Crippen molar-refractivity contribution in [2.75, 3.05) is 0 Å². The molecule has 0 bridgehead atoms. The smallest absolute Gasteiger partial charge is 0.126 e. The Morgan fingerprint density at radius 3 is 2.05 bits per heavy atom. The second-order valence-electron chi connectivity index (χ2n) is 6.25. The van der Waals surface area contributed by atoms with Gasteiger partial charge < -0.3 is 5.11 Å². The molecular weight excluding hydrogens is 232 g/mol. The fraction of sp³-hybridized carbons (Fsp3) is 0.333. The van der Waals surface area contributed by atoms with Crippen LogP contribution in [0.5, 0.6) is 5.75 Å². The van der Waals surface area contributed by atoms with Gasteiger partial charge in [-0.05, 0) is 47.6 Å². The van der Waals surface area contributed by atoms with Gasteiger partial charge in [-0.2, -0.15) is 0 Å². The predicted molar refractivity (Wildman–Crippen MR) is 81.7 cm³/mol. The molecule has 0 unspecified atom stereocenters. The first-order valence-corrected chi connectivity index (χ1v) is 6.71. The zero-order chi connectivity index (χ0) is 14.2. The molecule has 0 spiro atoms. The Bertz CT molecular complexity index is 604. The van der Waals surface area contributed by atoms with Gasteiger partial charge in [-0.15, -0.1) is 0 Å². The van der Waals surface area contributed by atoms with Gasteiger partial charge in [0.15, 0.2) is 0 Å². The lowest BCUT2D eigenvalue weighted by atomic mass is 9.83. The van der Waals surface area contributed by atoms with E-state index in [0.29, 0.717) is 5.75 Å². The summed E-state index contributed by atoms with van der Waals surface area (Å²) < 4.78 is 0. The van der Waals surface area contributed by atoms with Crippen molar-refractivity contribution >= 4 is 0 Å². The van der Waals surface area contributed by atoms with Crippen molar-refractivity contribution in [3.05, 3.63) is 53.1 Å². The quantitative estimate of drug-likeness (QED) is 0.761. The predicted octanol–water partition coefficient (Wildman–Crippen LogP) is 4.97. The van der Waals surface area contributed by atoms with Gasteiger partial charge in [0, 0.05) is 5.56 Å². The first kappa shape index (κ1) is 13.7. The molecule has 0 heterocycles. The van der Waals surface area contributed by atoms with Crippen LogP contribution in [-0.4, -0.2) is 5.11 Å². The van der Waals surface area contributed by atoms with Crippen molar-refractivity contribution in [1.29, 1.82) is 0 Å². The summed E-state index contributed by atoms with van der Waals surface area (Å²) in [6.45, 7) is 10.6. The summed E-state index contributed by atoms with van der Waals surface area (Å²) in [4.78, 5) is 0. The van der Waals surface area contributed by atoms with Crippen LogP contribution in [0.4, 0.5) is 0 Å². The van der Waals surface area contributed by atoms with E-state index in [1.54, 1.807) is 0 Å². The summed E-state index contributed by atoms with van der Waals surface area (Å²) >= 11 is 0. The third-order valence-corrected chi connectivity index (χ3v) is 3.60. The molecule has 0 atom stereocenters. The van der Waals surface area contributed by atoms with Crippen LogP contribution in [0, 0.1) is 13.8 Å². The Hall–Kier alpha value is -1.76. The lowest BCUT2D eigenvalue weighted by Gasteiger charge is -2.22. The lowest BCUT2D eigenvalue weighted by Crippen LogP contribution is -2.11. The first-order valence-electron chi connectivity index (χ1n) is 6.71. The van der Waals surface area contributed by atoms with Gasteiger partial charge in [0.05, 0.1) is 0 Å². The molecule has 2 rings (SSSR count). The number of phenols is 1. The minimum absolute atomic E-state index is 0.0793. The molecule has 1 heteroatoms. The average molecular weight is 254 g/mol. The largest absolute Gasteiger partial charge is 0.507 e. The van der Waals surface area contributed by atoms with Gasteiger partial charge in [0.1, 0.15) is 5.75 Å². The number of rotatable bonds is 1. The van der Waals surface area contributed by atoms with Crippen LogP contribution in [0.3, 0.4) is 0 Å². The third kappa shape index (κ3) is 2.65. The normalized spacial score (nSPS) is 11.6. The molecule has 2 aromatic carbocycles. The molecule has 19 heavy (non-hydrogen) atoms. The maximum Gasteiger partial charge on any atom is 0.126 e. The summed E-state index contributed by atoms with van der Waals surface area (Å²) in [6.07, 6.45) is 0. The Kier molecular flexibility index (Phi) is 3.40. The Morgan fingerprint density at radius 2 is 1.47 bits per heavy atom. The summed E-state index contributed by atoms with van der Waals surface area (Å²) in [5.41, 5.74) is 5.49. The standard InChI is InChI=1S/C18H22O/c1-12-8-6-7-9-15(12)16-11-14(18(3,4)5)10-13(2)17(16)19/h6-11,19H,1-5H3. The molecular formula is C18H22O. The maximum atomic E-state index is 10.4. The minimum atomic E-state index is 0.0793. The molecule has 0 radical (unpaired) electrons. The van der Waals surface area contributed by atoms with E-state index in [9.17, 15) is 5.11 Å². The lowest BCUT2D eigenvalue weighted by molar-refractivity contribution is 0.471. The number of phenolic OH excluding ortho intramolecular Hbond substituents is 1. The fourth-order valence-corrected chi connectivity index (χ4v) is 2.29. The van der Waals surface area contributed by atoms with Crippen molar-refractivity contribution < 1.29 is 5.11 Å². The van der Waals surface area contributed by atoms with E-state index in [4.69, 9.17) is 0 Å². The SMILES string of the molecule is Cc1ccccc1-c1cc(C(C)(C)C)cc(C)c1O. The highest BCUT2D eigenvalue weighted by molar-refractivity contribution is 5.75. The minimum Gasteiger partial charge on any atom is -0.507 e. The van der Waals surface area contributed by atoms with Gasteiger partial charge in [-0.3, -0.25) is 0 Å². The van der Waals surface area contributed by atoms with E-state index in [0.717, 1.165) is 16.7 Å². The number of hydrogen-bond donors (Lipinski definition) is 1. The fourth-order valence-electron chi connectivity index (χ4n) is 2.29. The van der Waals surface area contributed by atoms with E-state index >= 15 is 0 Å². The highest BCUT2D eigenvalue weighted by atomic mass is 16.3. The van der Waals surface area contributed by atoms with Crippen molar-refractivity contribution in [2.24, 2.45) is 0 Å². The van der Waals surface area contributed by atoms with E-state index in [-0.39, 0.29) is 5.41 Å². The molecule has 0 saturated heterocycles. The molecule has 0 aromatic heterocycles. The van der Waals surface area contributed by atoms with E-state index in [1.165, 1.54) is 11.1 Å². The van der Waals surface area contributed by atoms with Gasteiger partial charge in [-0.25, -0.2) is 0 Å². The van der Waals surface area contributed by atoms with E-state index < -0.39 is 0 Å². The molecule has 2 aromatic rings. The van der Waals surface area contributed by atoms with E-state index in [2.05, 4.69) is 52.0 Å². The molecule has 0 amide bonds. The van der Waals surface area contributed by atoms with Crippen molar-refractivity contribution in [2.45, 2.75) is 40.0 Å². The summed E-state index contributed by atoms with van der Waals surface area (Å²) in [5, 5.41) is 10.4. The monoisotopic (exact) mass is 254 g/mol. The number of benzene rings is 2. The second kappa shape index (κ2) is 4.73. The molecule has 1 nitrogen and oxygen atoms in total. The van der Waals surface area contributed by atoms with Crippen LogP contribution >= 0.6 is 0 Å². The number of hydrogen-bond acceptors (Lipinski definition) is 1. The van der Waals surface area contributed by atoms with Crippen molar-refractivity contribution in [3.8, 4) is 16.9 Å². The van der Waals surface area contributed by atoms with Crippen molar-refractivity contribution in [3.63, 3.8) is 0 Å². The summed E-state index contributed by atoms with van der Waals surface area (Å²) in [7, 11) is 0. The first-order chi connectivity index (χ1) is 8.80. The Labute approximate surface area is 115 Å². The Morgan fingerprint density at radius 1 is 0.842 bits per heavy atom. The topological polar surface area (TPSA) is 20.2 Å². The van der Waals surface area contributed by atoms with Crippen LogP contribution in [-0.2, 0) is 5.41 Å². The number of aryl methyl sites for hydroxylation is 2. The van der Waals surface area contributed by atoms with Crippen LogP contribution in [0.25, 0.3) is 11.1 Å². The van der Waals surface area contributed by atoms with E-state index in [1.807, 2.05) is 19.1 Å². The summed E-state index contributed by atoms with van der Waals surface area (Å²) in [5.74, 6) is 0.391. The Balaban J connectivity index is 2.70. The molecule has 0 aliphatic rings. The molecule has 0 aliphatic carbocycles.